The molecule has 2 aromatic rings. The van der Waals surface area contributed by atoms with E-state index in [9.17, 15) is 4.79 Å². The molecule has 1 aromatic carbocycles. The van der Waals surface area contributed by atoms with Crippen LogP contribution in [-0.2, 0) is 0 Å². The minimum Gasteiger partial charge on any atom is -0.298 e. The average Bonchev–Trinajstić information content (AvgIpc) is 2.69. The number of benzene rings is 1. The van der Waals surface area contributed by atoms with Gasteiger partial charge in [0.15, 0.2) is 0 Å². The molecular formula is C11H7ClOS. The molecule has 14 heavy (non-hydrogen) atoms. The van der Waals surface area contributed by atoms with Gasteiger partial charge in [-0.3, -0.25) is 4.79 Å². The number of carbonyl (C=O) groups is 1. The largest absolute Gasteiger partial charge is 0.298 e. The molecule has 3 heteroatoms. The van der Waals surface area contributed by atoms with Gasteiger partial charge < -0.3 is 0 Å². The van der Waals surface area contributed by atoms with Crippen LogP contribution in [0.15, 0.2) is 35.0 Å². The van der Waals surface area contributed by atoms with Crippen LogP contribution in [0, 0.1) is 0 Å². The Morgan fingerprint density at radius 1 is 1.21 bits per heavy atom. The van der Waals surface area contributed by atoms with Crippen LogP contribution in [0.5, 0.6) is 0 Å². The lowest BCUT2D eigenvalue weighted by molar-refractivity contribution is 0.112. The Balaban J connectivity index is 2.54. The first kappa shape index (κ1) is 9.44. The molecule has 0 fully saturated rings. The summed E-state index contributed by atoms with van der Waals surface area (Å²) in [5.74, 6) is 0. The molecule has 0 radical (unpaired) electrons. The van der Waals surface area contributed by atoms with Crippen molar-refractivity contribution >= 4 is 29.2 Å². The van der Waals surface area contributed by atoms with Gasteiger partial charge in [-0.2, -0.15) is 11.3 Å². The number of hydrogen-bond acceptors (Lipinski definition) is 2. The minimum absolute atomic E-state index is 0.593. The van der Waals surface area contributed by atoms with Crippen molar-refractivity contribution in [2.24, 2.45) is 0 Å². The van der Waals surface area contributed by atoms with Crippen LogP contribution in [-0.4, -0.2) is 6.29 Å². The third-order valence-corrected chi connectivity index (χ3v) is 2.81. The van der Waals surface area contributed by atoms with Crippen LogP contribution in [0.3, 0.4) is 0 Å². The number of halogens is 1. The lowest BCUT2D eigenvalue weighted by Gasteiger charge is -2.00. The molecular weight excluding hydrogens is 216 g/mol. The predicted molar refractivity (Wildman–Crippen MR) is 60.2 cm³/mol. The summed E-state index contributed by atoms with van der Waals surface area (Å²) in [5.41, 5.74) is 2.69. The molecule has 0 N–H and O–H groups in total. The maximum Gasteiger partial charge on any atom is 0.150 e. The molecule has 0 atom stereocenters. The lowest BCUT2D eigenvalue weighted by Crippen LogP contribution is -1.81. The van der Waals surface area contributed by atoms with Gasteiger partial charge in [0.25, 0.3) is 0 Å². The van der Waals surface area contributed by atoms with Crippen LogP contribution in [0.25, 0.3) is 11.1 Å². The smallest absolute Gasteiger partial charge is 0.150 e. The third-order valence-electron chi connectivity index (χ3n) is 1.91. The van der Waals surface area contributed by atoms with E-state index >= 15 is 0 Å². The maximum atomic E-state index is 10.6. The van der Waals surface area contributed by atoms with E-state index in [1.54, 1.807) is 17.4 Å². The number of carbonyl (C=O) groups excluding carboxylic acids is 1. The van der Waals surface area contributed by atoms with Crippen LogP contribution in [0.4, 0.5) is 0 Å². The van der Waals surface area contributed by atoms with E-state index in [0.717, 1.165) is 17.4 Å². The molecule has 0 unspecified atom stereocenters. The maximum absolute atomic E-state index is 10.6. The van der Waals surface area contributed by atoms with Gasteiger partial charge in [-0.25, -0.2) is 0 Å². The molecule has 0 spiro atoms. The molecule has 0 amide bonds. The molecule has 0 aliphatic heterocycles. The Labute approximate surface area is 91.0 Å². The third kappa shape index (κ3) is 1.86. The summed E-state index contributed by atoms with van der Waals surface area (Å²) in [5, 5.41) is 4.62. The molecule has 0 aliphatic rings. The van der Waals surface area contributed by atoms with Crippen LogP contribution in [0.1, 0.15) is 10.4 Å². The van der Waals surface area contributed by atoms with E-state index in [1.165, 1.54) is 0 Å². The molecule has 1 nitrogen and oxygen atoms in total. The van der Waals surface area contributed by atoms with Crippen molar-refractivity contribution in [3.05, 3.63) is 45.6 Å². The standard InChI is InChI=1S/C11H7ClOS/c12-11-4-8(6-13)3-10(5-11)9-1-2-14-7-9/h1-7H. The Morgan fingerprint density at radius 2 is 2.07 bits per heavy atom. The molecule has 2 rings (SSSR count). The Bertz CT molecular complexity index is 448. The minimum atomic E-state index is 0.593. The second-order valence-corrected chi connectivity index (χ2v) is 4.12. The average molecular weight is 223 g/mol. The summed E-state index contributed by atoms with van der Waals surface area (Å²) in [4.78, 5) is 10.6. The summed E-state index contributed by atoms with van der Waals surface area (Å²) in [6.07, 6.45) is 0.807. The van der Waals surface area contributed by atoms with E-state index in [2.05, 4.69) is 0 Å². The second kappa shape index (κ2) is 3.95. The highest BCUT2D eigenvalue weighted by Crippen LogP contribution is 2.25. The van der Waals surface area contributed by atoms with E-state index in [4.69, 9.17) is 11.6 Å². The van der Waals surface area contributed by atoms with Gasteiger partial charge in [-0.15, -0.1) is 0 Å². The van der Waals surface area contributed by atoms with Gasteiger partial charge in [0.2, 0.25) is 0 Å². The molecule has 70 valence electrons. The monoisotopic (exact) mass is 222 g/mol. The quantitative estimate of drug-likeness (QED) is 0.705. The summed E-state index contributed by atoms with van der Waals surface area (Å²) in [6.45, 7) is 0. The first-order valence-corrected chi connectivity index (χ1v) is 5.40. The summed E-state index contributed by atoms with van der Waals surface area (Å²) >= 11 is 7.51. The Morgan fingerprint density at radius 3 is 2.71 bits per heavy atom. The molecule has 0 saturated carbocycles. The molecule has 0 aliphatic carbocycles. The van der Waals surface area contributed by atoms with E-state index < -0.39 is 0 Å². The topological polar surface area (TPSA) is 17.1 Å². The number of aldehydes is 1. The zero-order chi connectivity index (χ0) is 9.97. The molecule has 1 aromatic heterocycles. The van der Waals surface area contributed by atoms with Crippen molar-refractivity contribution in [3.8, 4) is 11.1 Å². The first-order chi connectivity index (χ1) is 6.79. The van der Waals surface area contributed by atoms with Crippen molar-refractivity contribution in [1.82, 2.24) is 0 Å². The Hall–Kier alpha value is -1.12. The van der Waals surface area contributed by atoms with Gasteiger partial charge in [0, 0.05) is 10.6 Å². The van der Waals surface area contributed by atoms with E-state index in [0.29, 0.717) is 10.6 Å². The van der Waals surface area contributed by atoms with Gasteiger partial charge in [0.05, 0.1) is 0 Å². The molecule has 0 bridgehead atoms. The van der Waals surface area contributed by atoms with Crippen LogP contribution >= 0.6 is 22.9 Å². The SMILES string of the molecule is O=Cc1cc(Cl)cc(-c2ccsc2)c1. The van der Waals surface area contributed by atoms with Gasteiger partial charge >= 0.3 is 0 Å². The van der Waals surface area contributed by atoms with Gasteiger partial charge in [-0.1, -0.05) is 11.6 Å². The zero-order valence-electron chi connectivity index (χ0n) is 7.24. The number of thiophene rings is 1. The number of hydrogen-bond donors (Lipinski definition) is 0. The van der Waals surface area contributed by atoms with Crippen LogP contribution < -0.4 is 0 Å². The summed E-state index contributed by atoms with van der Waals surface area (Å²) in [7, 11) is 0. The number of rotatable bonds is 2. The predicted octanol–water partition coefficient (Wildman–Crippen LogP) is 3.88. The van der Waals surface area contributed by atoms with Crippen LogP contribution in [0.2, 0.25) is 5.02 Å². The fourth-order valence-electron chi connectivity index (χ4n) is 1.28. The fourth-order valence-corrected chi connectivity index (χ4v) is 2.18. The van der Waals surface area contributed by atoms with Crippen molar-refractivity contribution in [2.75, 3.05) is 0 Å². The van der Waals surface area contributed by atoms with Gasteiger partial charge in [0.1, 0.15) is 6.29 Å². The zero-order valence-corrected chi connectivity index (χ0v) is 8.81. The van der Waals surface area contributed by atoms with Crippen molar-refractivity contribution in [1.29, 1.82) is 0 Å². The van der Waals surface area contributed by atoms with Gasteiger partial charge in [-0.05, 0) is 46.2 Å². The first-order valence-electron chi connectivity index (χ1n) is 4.08. The fraction of sp³-hybridized carbons (Fsp3) is 0. The molecule has 0 saturated heterocycles. The van der Waals surface area contributed by atoms with E-state index in [1.807, 2.05) is 29.0 Å². The highest BCUT2D eigenvalue weighted by molar-refractivity contribution is 7.08. The van der Waals surface area contributed by atoms with E-state index in [-0.39, 0.29) is 0 Å². The summed E-state index contributed by atoms with van der Waals surface area (Å²) in [6, 6.07) is 7.35. The van der Waals surface area contributed by atoms with Crippen molar-refractivity contribution < 1.29 is 4.79 Å². The Kier molecular flexibility index (Phi) is 2.66. The van der Waals surface area contributed by atoms with Crippen molar-refractivity contribution in [2.45, 2.75) is 0 Å². The normalized spacial score (nSPS) is 10.1. The summed E-state index contributed by atoms with van der Waals surface area (Å²) < 4.78 is 0. The molecule has 1 heterocycles. The highest BCUT2D eigenvalue weighted by atomic mass is 35.5. The second-order valence-electron chi connectivity index (χ2n) is 2.90. The highest BCUT2D eigenvalue weighted by Gasteiger charge is 2.01. The van der Waals surface area contributed by atoms with Crippen molar-refractivity contribution in [3.63, 3.8) is 0 Å². The lowest BCUT2D eigenvalue weighted by atomic mass is 10.1.